The SMILES string of the molecule is CCOC(=O)C(F)[C@@H](N)c1ccc(C)cc1O.Cl. The lowest BCUT2D eigenvalue weighted by Crippen LogP contribution is -2.31. The molecule has 6 heteroatoms. The summed E-state index contributed by atoms with van der Waals surface area (Å²) < 4.78 is 18.2. The van der Waals surface area contributed by atoms with Gasteiger partial charge in [-0.15, -0.1) is 12.4 Å². The van der Waals surface area contributed by atoms with Crippen LogP contribution >= 0.6 is 12.4 Å². The van der Waals surface area contributed by atoms with Crippen molar-refractivity contribution in [3.8, 4) is 5.75 Å². The van der Waals surface area contributed by atoms with E-state index in [1.807, 2.05) is 0 Å². The van der Waals surface area contributed by atoms with Crippen molar-refractivity contribution < 1.29 is 19.0 Å². The van der Waals surface area contributed by atoms with Crippen molar-refractivity contribution in [2.45, 2.75) is 26.1 Å². The van der Waals surface area contributed by atoms with Crippen LogP contribution in [0.3, 0.4) is 0 Å². The van der Waals surface area contributed by atoms with Crippen molar-refractivity contribution in [2.75, 3.05) is 6.61 Å². The summed E-state index contributed by atoms with van der Waals surface area (Å²) in [6, 6.07) is 3.43. The highest BCUT2D eigenvalue weighted by atomic mass is 35.5. The molecule has 102 valence electrons. The van der Waals surface area contributed by atoms with E-state index in [1.165, 1.54) is 12.1 Å². The lowest BCUT2D eigenvalue weighted by molar-refractivity contribution is -0.149. The van der Waals surface area contributed by atoms with Gasteiger partial charge in [-0.25, -0.2) is 9.18 Å². The molecule has 2 atom stereocenters. The number of benzene rings is 1. The molecule has 1 aromatic rings. The number of rotatable bonds is 4. The van der Waals surface area contributed by atoms with E-state index in [1.54, 1.807) is 19.9 Å². The standard InChI is InChI=1S/C12H16FNO3.ClH/c1-3-17-12(16)10(13)11(14)8-5-4-7(2)6-9(8)15;/h4-6,10-11,15H,3,14H2,1-2H3;1H/t10?,11-;/m0./s1. The molecule has 0 saturated carbocycles. The first-order valence-electron chi connectivity index (χ1n) is 5.33. The zero-order valence-electron chi connectivity index (χ0n) is 10.2. The van der Waals surface area contributed by atoms with Crippen LogP contribution in [0.4, 0.5) is 4.39 Å². The topological polar surface area (TPSA) is 72.5 Å². The molecule has 3 N–H and O–H groups in total. The van der Waals surface area contributed by atoms with Gasteiger partial charge in [0.2, 0.25) is 6.17 Å². The molecule has 0 aromatic heterocycles. The molecule has 4 nitrogen and oxygen atoms in total. The number of carbonyl (C=O) groups is 1. The summed E-state index contributed by atoms with van der Waals surface area (Å²) in [4.78, 5) is 11.2. The molecule has 0 saturated heterocycles. The fraction of sp³-hybridized carbons (Fsp3) is 0.417. The summed E-state index contributed by atoms with van der Waals surface area (Å²) >= 11 is 0. The highest BCUT2D eigenvalue weighted by Crippen LogP contribution is 2.27. The number of carbonyl (C=O) groups excluding carboxylic acids is 1. The van der Waals surface area contributed by atoms with Crippen molar-refractivity contribution in [1.82, 2.24) is 0 Å². The molecule has 0 spiro atoms. The van der Waals surface area contributed by atoms with Crippen LogP contribution in [0.5, 0.6) is 5.75 Å². The van der Waals surface area contributed by atoms with Crippen molar-refractivity contribution >= 4 is 18.4 Å². The Labute approximate surface area is 111 Å². The van der Waals surface area contributed by atoms with E-state index >= 15 is 0 Å². The average Bonchev–Trinajstić information content (AvgIpc) is 2.27. The average molecular weight is 278 g/mol. The van der Waals surface area contributed by atoms with Crippen molar-refractivity contribution in [1.29, 1.82) is 0 Å². The third-order valence-corrected chi connectivity index (χ3v) is 2.37. The number of alkyl halides is 1. The smallest absolute Gasteiger partial charge is 0.342 e. The molecule has 0 aliphatic heterocycles. The van der Waals surface area contributed by atoms with Crippen molar-refractivity contribution in [3.63, 3.8) is 0 Å². The molecule has 1 unspecified atom stereocenters. The van der Waals surface area contributed by atoms with Gasteiger partial charge < -0.3 is 15.6 Å². The number of hydrogen-bond donors (Lipinski definition) is 2. The molecule has 0 aliphatic carbocycles. The first kappa shape index (κ1) is 16.7. The first-order valence-corrected chi connectivity index (χ1v) is 5.33. The van der Waals surface area contributed by atoms with Crippen LogP contribution in [0, 0.1) is 6.92 Å². The maximum atomic E-state index is 13.6. The number of esters is 1. The van der Waals surface area contributed by atoms with Crippen LogP contribution in [0.25, 0.3) is 0 Å². The van der Waals surface area contributed by atoms with E-state index in [-0.39, 0.29) is 30.3 Å². The normalized spacial score (nSPS) is 13.3. The predicted octanol–water partition coefficient (Wildman–Crippen LogP) is 2.02. The summed E-state index contributed by atoms with van der Waals surface area (Å²) in [5.74, 6) is -1.13. The fourth-order valence-corrected chi connectivity index (χ4v) is 1.46. The lowest BCUT2D eigenvalue weighted by atomic mass is 10.0. The zero-order chi connectivity index (χ0) is 13.0. The highest BCUT2D eigenvalue weighted by molar-refractivity contribution is 5.85. The molecule has 0 bridgehead atoms. The van der Waals surface area contributed by atoms with Gasteiger partial charge in [0.15, 0.2) is 0 Å². The second-order valence-electron chi connectivity index (χ2n) is 3.74. The number of nitrogens with two attached hydrogens (primary N) is 1. The first-order chi connectivity index (χ1) is 7.97. The van der Waals surface area contributed by atoms with Gasteiger partial charge in [0.1, 0.15) is 5.75 Å². The minimum Gasteiger partial charge on any atom is -0.508 e. The minimum absolute atomic E-state index is 0. The van der Waals surface area contributed by atoms with E-state index in [0.717, 1.165) is 5.56 Å². The molecule has 0 amide bonds. The second kappa shape index (κ2) is 7.18. The monoisotopic (exact) mass is 277 g/mol. The summed E-state index contributed by atoms with van der Waals surface area (Å²) in [6.07, 6.45) is -1.98. The van der Waals surface area contributed by atoms with E-state index in [0.29, 0.717) is 0 Å². The van der Waals surface area contributed by atoms with Gasteiger partial charge in [-0.05, 0) is 25.5 Å². The summed E-state index contributed by atoms with van der Waals surface area (Å²) in [6.45, 7) is 3.46. The molecule has 0 aliphatic rings. The Morgan fingerprint density at radius 1 is 1.56 bits per heavy atom. The molecular weight excluding hydrogens is 261 g/mol. The number of phenols is 1. The van der Waals surface area contributed by atoms with Crippen LogP contribution in [0.2, 0.25) is 0 Å². The van der Waals surface area contributed by atoms with E-state index in [4.69, 9.17) is 5.73 Å². The Balaban J connectivity index is 0.00000289. The van der Waals surface area contributed by atoms with Gasteiger partial charge in [-0.3, -0.25) is 0 Å². The van der Waals surface area contributed by atoms with Gasteiger partial charge >= 0.3 is 5.97 Å². The predicted molar refractivity (Wildman–Crippen MR) is 68.5 cm³/mol. The largest absolute Gasteiger partial charge is 0.508 e. The molecule has 1 rings (SSSR count). The quantitative estimate of drug-likeness (QED) is 0.826. The summed E-state index contributed by atoms with van der Waals surface area (Å²) in [5, 5.41) is 9.62. The van der Waals surface area contributed by atoms with Gasteiger partial charge in [0.05, 0.1) is 12.6 Å². The van der Waals surface area contributed by atoms with Crippen molar-refractivity contribution in [3.05, 3.63) is 29.3 Å². The third kappa shape index (κ3) is 3.85. The fourth-order valence-electron chi connectivity index (χ4n) is 1.46. The van der Waals surface area contributed by atoms with E-state index < -0.39 is 18.2 Å². The Bertz CT molecular complexity index is 414. The molecule has 0 heterocycles. The molecule has 0 fully saturated rings. The van der Waals surface area contributed by atoms with E-state index in [2.05, 4.69) is 4.74 Å². The second-order valence-corrected chi connectivity index (χ2v) is 3.74. The number of aryl methyl sites for hydroxylation is 1. The highest BCUT2D eigenvalue weighted by Gasteiger charge is 2.29. The molecule has 18 heavy (non-hydrogen) atoms. The molecule has 1 aromatic carbocycles. The minimum atomic E-state index is -1.98. The number of aromatic hydroxyl groups is 1. The Hall–Kier alpha value is -1.33. The number of ether oxygens (including phenoxy) is 1. The summed E-state index contributed by atoms with van der Waals surface area (Å²) in [7, 11) is 0. The maximum absolute atomic E-state index is 13.6. The van der Waals surface area contributed by atoms with Crippen LogP contribution in [-0.4, -0.2) is 23.9 Å². The lowest BCUT2D eigenvalue weighted by Gasteiger charge is -2.17. The van der Waals surface area contributed by atoms with Gasteiger partial charge in [-0.1, -0.05) is 12.1 Å². The Kier molecular flexibility index (Phi) is 6.65. The summed E-state index contributed by atoms with van der Waals surface area (Å²) in [5.41, 5.74) is 6.60. The number of hydrogen-bond acceptors (Lipinski definition) is 4. The van der Waals surface area contributed by atoms with Gasteiger partial charge in [0, 0.05) is 5.56 Å². The Morgan fingerprint density at radius 2 is 2.17 bits per heavy atom. The van der Waals surface area contributed by atoms with Crippen LogP contribution in [-0.2, 0) is 9.53 Å². The maximum Gasteiger partial charge on any atom is 0.342 e. The molecule has 0 radical (unpaired) electrons. The van der Waals surface area contributed by atoms with Crippen LogP contribution in [0.15, 0.2) is 18.2 Å². The number of halogens is 2. The van der Waals surface area contributed by atoms with Crippen LogP contribution < -0.4 is 5.73 Å². The van der Waals surface area contributed by atoms with E-state index in [9.17, 15) is 14.3 Å². The number of phenolic OH excluding ortho intramolecular Hbond substituents is 1. The van der Waals surface area contributed by atoms with Gasteiger partial charge in [-0.2, -0.15) is 0 Å². The molecular formula is C12H17ClFNO3. The third-order valence-electron chi connectivity index (χ3n) is 2.37. The Morgan fingerprint density at radius 3 is 2.67 bits per heavy atom. The van der Waals surface area contributed by atoms with Crippen LogP contribution in [0.1, 0.15) is 24.1 Å². The zero-order valence-corrected chi connectivity index (χ0v) is 11.0. The van der Waals surface area contributed by atoms with Crippen molar-refractivity contribution in [2.24, 2.45) is 5.73 Å². The van der Waals surface area contributed by atoms with Gasteiger partial charge in [0.25, 0.3) is 0 Å².